The zero-order chi connectivity index (χ0) is 19.5. The first-order valence-corrected chi connectivity index (χ1v) is 5.82. The molecule has 18 heteroatoms. The van der Waals surface area contributed by atoms with Crippen molar-refractivity contribution in [1.82, 2.24) is 0 Å². The van der Waals surface area contributed by atoms with Crippen LogP contribution in [0.5, 0.6) is 0 Å². The summed E-state index contributed by atoms with van der Waals surface area (Å²) in [6, 6.07) is 0. The molecule has 0 fully saturated rings. The quantitative estimate of drug-likeness (QED) is 0.415. The Morgan fingerprint density at radius 2 is 0.792 bits per heavy atom. The Morgan fingerprint density at radius 1 is 0.542 bits per heavy atom. The van der Waals surface area contributed by atoms with Crippen LogP contribution in [0.2, 0.25) is 0 Å². The molecule has 0 atom stereocenters. The van der Waals surface area contributed by atoms with Gasteiger partial charge >= 0.3 is 93.3 Å². The second-order valence-corrected chi connectivity index (χ2v) is 5.19. The fourth-order valence-electron chi connectivity index (χ4n) is 0.912. The molecule has 3 nitrogen and oxygen atoms in total. The molecule has 0 bridgehead atoms. The fraction of sp³-hybridized carbons (Fsp3) is 1.00. The van der Waals surface area contributed by atoms with Crippen LogP contribution in [0.15, 0.2) is 0 Å². The number of alkyl halides is 13. The van der Waals surface area contributed by atoms with Gasteiger partial charge in [-0.3, -0.25) is 0 Å². The van der Waals surface area contributed by atoms with Crippen LogP contribution >= 0.6 is 0 Å². The van der Waals surface area contributed by atoms with Gasteiger partial charge in [-0.2, -0.15) is 57.1 Å². The maximum atomic E-state index is 12.7. The summed E-state index contributed by atoms with van der Waals surface area (Å²) in [5.41, 5.74) is 0. The van der Waals surface area contributed by atoms with Gasteiger partial charge in [0, 0.05) is 0 Å². The van der Waals surface area contributed by atoms with E-state index in [1.54, 1.807) is 0 Å². The van der Waals surface area contributed by atoms with Crippen LogP contribution < -0.4 is 58.2 Å². The van der Waals surface area contributed by atoms with Crippen molar-refractivity contribution >= 4 is 10.1 Å². The molecule has 0 aliphatic rings. The number of rotatable bonds is 5. The van der Waals surface area contributed by atoms with E-state index in [1.165, 1.54) is 0 Å². The first-order valence-electron chi connectivity index (χ1n) is 4.41. The molecule has 0 aliphatic heterocycles. The first kappa shape index (κ1) is 27.0. The van der Waals surface area contributed by atoms with Crippen molar-refractivity contribution in [3.8, 4) is 0 Å². The molecule has 0 unspecified atom stereocenters. The summed E-state index contributed by atoms with van der Waals surface area (Å²) in [6.07, 6.45) is -7.61. The van der Waals surface area contributed by atoms with E-state index >= 15 is 0 Å². The van der Waals surface area contributed by atoms with Gasteiger partial charge in [-0.1, -0.05) is 0 Å². The predicted octanol–water partition coefficient (Wildman–Crippen LogP) is 0.232. The first-order chi connectivity index (χ1) is 9.50. The van der Waals surface area contributed by atoms with E-state index in [4.69, 9.17) is 0 Å². The van der Waals surface area contributed by atoms with Crippen molar-refractivity contribution in [2.75, 3.05) is 0 Å². The third-order valence-electron chi connectivity index (χ3n) is 2.22. The van der Waals surface area contributed by atoms with E-state index in [9.17, 15) is 70.0 Å². The second-order valence-electron chi connectivity index (χ2n) is 3.77. The van der Waals surface area contributed by atoms with Gasteiger partial charge in [0.25, 0.3) is 0 Å². The molecule has 0 saturated carbocycles. The fourth-order valence-corrected chi connectivity index (χ4v) is 1.35. The Bertz CT molecular complexity index is 565. The predicted molar refractivity (Wildman–Crippen MR) is 40.5 cm³/mol. The van der Waals surface area contributed by atoms with E-state index in [-0.39, 0.29) is 58.2 Å². The summed E-state index contributed by atoms with van der Waals surface area (Å²) < 4.78 is 189. The Morgan fingerprint density at radius 3 is 1.00 bits per heavy atom. The maximum Gasteiger partial charge on any atom is 1.00 e. The molecule has 0 saturated heterocycles. The zero-order valence-electron chi connectivity index (χ0n) is 10.5. The van der Waals surface area contributed by atoms with Crippen molar-refractivity contribution in [3.63, 3.8) is 0 Å². The average Bonchev–Trinajstić information content (AvgIpc) is 2.24. The molecule has 24 heavy (non-hydrogen) atoms. The average molecular weight is 485 g/mol. The topological polar surface area (TPSA) is 57.2 Å². The molecule has 0 aromatic carbocycles. The van der Waals surface area contributed by atoms with Gasteiger partial charge in [0.15, 0.2) is 10.1 Å². The van der Waals surface area contributed by atoms with Crippen molar-refractivity contribution in [2.45, 2.75) is 35.1 Å². The standard InChI is InChI=1S/C6HF13O3S.Rb/c7-1(8,3(11,12)5(15,16)17)2(9,10)4(13,14)6(18,19)23(20,21)22;/h(H,20,21,22);/q;+1/p-1. The van der Waals surface area contributed by atoms with Gasteiger partial charge in [-0.15, -0.1) is 0 Å². The minimum atomic E-state index is -8.29. The number of halogens is 13. The van der Waals surface area contributed by atoms with E-state index < -0.39 is 45.2 Å². The molecule has 0 N–H and O–H groups in total. The molecular weight excluding hydrogens is 485 g/mol. The van der Waals surface area contributed by atoms with Crippen LogP contribution in [-0.4, -0.2) is 48.1 Å². The largest absolute Gasteiger partial charge is 1.00 e. The second kappa shape index (κ2) is 6.76. The van der Waals surface area contributed by atoms with Crippen LogP contribution in [0, 0.1) is 0 Å². The van der Waals surface area contributed by atoms with E-state index in [0.717, 1.165) is 0 Å². The summed E-state index contributed by atoms with van der Waals surface area (Å²) >= 11 is 0. The SMILES string of the molecule is O=S(=O)([O-])C(F)(F)C(F)(F)C(F)(F)C(F)(F)C(F)(F)C(F)(F)F.[Rb+]. The minimum absolute atomic E-state index is 0. The Kier molecular flexibility index (Phi) is 7.61. The molecule has 0 amide bonds. The van der Waals surface area contributed by atoms with Gasteiger partial charge in [-0.05, 0) is 0 Å². The van der Waals surface area contributed by atoms with E-state index in [0.29, 0.717) is 0 Å². The van der Waals surface area contributed by atoms with E-state index in [1.807, 2.05) is 0 Å². The molecule has 0 aromatic rings. The van der Waals surface area contributed by atoms with Gasteiger partial charge in [-0.25, -0.2) is 8.42 Å². The van der Waals surface area contributed by atoms with Crippen LogP contribution in [0.3, 0.4) is 0 Å². The number of hydrogen-bond acceptors (Lipinski definition) is 3. The molecular formula is C6F13O3RbS. The summed E-state index contributed by atoms with van der Waals surface area (Å²) in [4.78, 5) is 0. The van der Waals surface area contributed by atoms with Crippen molar-refractivity contribution in [1.29, 1.82) is 0 Å². The molecule has 0 aromatic heterocycles. The van der Waals surface area contributed by atoms with E-state index in [2.05, 4.69) is 0 Å². The Hall–Kier alpha value is 0.805. The van der Waals surface area contributed by atoms with Crippen LogP contribution in [0.1, 0.15) is 0 Å². The summed E-state index contributed by atoms with van der Waals surface area (Å²) in [6.45, 7) is 0. The normalized spacial score (nSPS) is 15.9. The van der Waals surface area contributed by atoms with Crippen LogP contribution in [0.25, 0.3) is 0 Å². The van der Waals surface area contributed by atoms with Crippen LogP contribution in [-0.2, 0) is 10.1 Å². The molecule has 0 heterocycles. The molecule has 0 rings (SSSR count). The molecule has 0 radical (unpaired) electrons. The Balaban J connectivity index is 0. The summed E-state index contributed by atoms with van der Waals surface area (Å²) in [7, 11) is -7.86. The summed E-state index contributed by atoms with van der Waals surface area (Å²) in [5, 5.41) is -7.63. The zero-order valence-corrected chi connectivity index (χ0v) is 16.3. The van der Waals surface area contributed by atoms with Gasteiger partial charge in [0.1, 0.15) is 0 Å². The third-order valence-corrected chi connectivity index (χ3v) is 3.10. The molecule has 0 aliphatic carbocycles. The monoisotopic (exact) mass is 484 g/mol. The molecule has 0 spiro atoms. The molecule has 140 valence electrons. The van der Waals surface area contributed by atoms with Crippen molar-refractivity contribution in [3.05, 3.63) is 0 Å². The van der Waals surface area contributed by atoms with Gasteiger partial charge < -0.3 is 4.55 Å². The smallest absolute Gasteiger partial charge is 0.743 e. The maximum absolute atomic E-state index is 12.7. The van der Waals surface area contributed by atoms with Gasteiger partial charge in [0.05, 0.1) is 0 Å². The van der Waals surface area contributed by atoms with Crippen LogP contribution in [0.4, 0.5) is 57.1 Å². The third kappa shape index (κ3) is 3.61. The van der Waals surface area contributed by atoms with Crippen molar-refractivity contribution in [2.24, 2.45) is 0 Å². The minimum Gasteiger partial charge on any atom is -0.743 e. The van der Waals surface area contributed by atoms with Gasteiger partial charge in [0.2, 0.25) is 0 Å². The summed E-state index contributed by atoms with van der Waals surface area (Å²) in [5.74, 6) is -32.6. The number of hydrogen-bond donors (Lipinski definition) is 0. The Labute approximate surface area is 172 Å². The van der Waals surface area contributed by atoms with Crippen molar-refractivity contribution < 1.29 is 128 Å².